The highest BCUT2D eigenvalue weighted by molar-refractivity contribution is 5.12. The van der Waals surface area contributed by atoms with Crippen LogP contribution in [0.25, 0.3) is 0 Å². The van der Waals surface area contributed by atoms with Gasteiger partial charge in [-0.1, -0.05) is 30.3 Å². The summed E-state index contributed by atoms with van der Waals surface area (Å²) in [6.07, 6.45) is 0. The normalized spacial score (nSPS) is 8.08. The quantitative estimate of drug-likeness (QED) is 0.484. The number of rotatable bonds is 1. The second-order valence-electron chi connectivity index (χ2n) is 1.88. The lowest BCUT2D eigenvalue weighted by atomic mass is 10.2. The second-order valence-corrected chi connectivity index (χ2v) is 1.88. The van der Waals surface area contributed by atoms with Crippen LogP contribution in [0.15, 0.2) is 30.3 Å². The molecule has 66 valence electrons. The lowest BCUT2D eigenvalue weighted by Gasteiger charge is -1.89. The van der Waals surface area contributed by atoms with Gasteiger partial charge in [0.2, 0.25) is 0 Å². The van der Waals surface area contributed by atoms with Gasteiger partial charge in [0.25, 0.3) is 5.09 Å². The zero-order valence-corrected chi connectivity index (χ0v) is 6.25. The molecule has 0 saturated heterocycles. The van der Waals surface area contributed by atoms with Crippen molar-refractivity contribution in [1.29, 1.82) is 0 Å². The molecule has 0 heterocycles. The highest BCUT2D eigenvalue weighted by atomic mass is 16.9. The maximum Gasteiger partial charge on any atom is 0.291 e. The standard InChI is InChI=1S/C7H8O.HNO3/c8-6-7-4-2-1-3-5-7;2-1(3)4/h1-5,8H,6H2;(H,2,3,4). The van der Waals surface area contributed by atoms with E-state index < -0.39 is 5.09 Å². The molecule has 0 aliphatic heterocycles. The molecule has 0 aliphatic rings. The van der Waals surface area contributed by atoms with E-state index in [4.69, 9.17) is 20.4 Å². The monoisotopic (exact) mass is 171 g/mol. The van der Waals surface area contributed by atoms with Gasteiger partial charge >= 0.3 is 0 Å². The lowest BCUT2D eigenvalue weighted by Crippen LogP contribution is -1.81. The van der Waals surface area contributed by atoms with Gasteiger partial charge in [-0.2, -0.15) is 0 Å². The number of nitrogens with zero attached hydrogens (tertiary/aromatic N) is 1. The van der Waals surface area contributed by atoms with Crippen LogP contribution < -0.4 is 0 Å². The molecule has 0 fully saturated rings. The average molecular weight is 171 g/mol. The number of aliphatic hydroxyl groups is 1. The Morgan fingerprint density at radius 1 is 1.33 bits per heavy atom. The van der Waals surface area contributed by atoms with Gasteiger partial charge in [-0.25, -0.2) is 0 Å². The highest BCUT2D eigenvalue weighted by Gasteiger charge is 1.81. The van der Waals surface area contributed by atoms with E-state index in [2.05, 4.69) is 0 Å². The first-order valence-corrected chi connectivity index (χ1v) is 3.15. The van der Waals surface area contributed by atoms with E-state index in [1.807, 2.05) is 30.3 Å². The summed E-state index contributed by atoms with van der Waals surface area (Å²) in [6, 6.07) is 9.52. The Hall–Kier alpha value is -1.62. The van der Waals surface area contributed by atoms with Gasteiger partial charge in [0.1, 0.15) is 0 Å². The fourth-order valence-corrected chi connectivity index (χ4v) is 0.583. The van der Waals surface area contributed by atoms with Crippen LogP contribution in [0.5, 0.6) is 0 Å². The largest absolute Gasteiger partial charge is 0.392 e. The fourth-order valence-electron chi connectivity index (χ4n) is 0.583. The van der Waals surface area contributed by atoms with Crippen LogP contribution in [-0.4, -0.2) is 15.4 Å². The SMILES string of the molecule is O=[N+]([O-])O.OCc1ccccc1. The van der Waals surface area contributed by atoms with Crippen molar-refractivity contribution in [1.82, 2.24) is 0 Å². The summed E-state index contributed by atoms with van der Waals surface area (Å²) < 4.78 is 0. The number of hydrogen-bond acceptors (Lipinski definition) is 3. The van der Waals surface area contributed by atoms with E-state index in [9.17, 15) is 0 Å². The van der Waals surface area contributed by atoms with Gasteiger partial charge < -0.3 is 10.3 Å². The molecule has 0 aliphatic carbocycles. The molecule has 2 N–H and O–H groups in total. The van der Waals surface area contributed by atoms with Crippen LogP contribution in [0.1, 0.15) is 5.56 Å². The Morgan fingerprint density at radius 2 is 1.75 bits per heavy atom. The van der Waals surface area contributed by atoms with Crippen molar-refractivity contribution in [3.05, 3.63) is 46.0 Å². The van der Waals surface area contributed by atoms with Gasteiger partial charge in [-0.3, -0.25) is 0 Å². The summed E-state index contributed by atoms with van der Waals surface area (Å²) in [5.74, 6) is 0. The summed E-state index contributed by atoms with van der Waals surface area (Å²) in [5.41, 5.74) is 0.965. The topological polar surface area (TPSA) is 83.6 Å². The first-order valence-electron chi connectivity index (χ1n) is 3.15. The van der Waals surface area contributed by atoms with Crippen molar-refractivity contribution in [3.63, 3.8) is 0 Å². The molecule has 0 amide bonds. The molecule has 5 heteroatoms. The van der Waals surface area contributed by atoms with Gasteiger partial charge in [0, 0.05) is 0 Å². The summed E-state index contributed by atoms with van der Waals surface area (Å²) in [4.78, 5) is 8.36. The molecule has 0 bridgehead atoms. The summed E-state index contributed by atoms with van der Waals surface area (Å²) >= 11 is 0. The van der Waals surface area contributed by atoms with E-state index in [0.717, 1.165) is 5.56 Å². The molecule has 0 radical (unpaired) electrons. The van der Waals surface area contributed by atoms with Crippen LogP contribution >= 0.6 is 0 Å². The Balaban J connectivity index is 0.000000261. The van der Waals surface area contributed by atoms with Crippen LogP contribution in [0.3, 0.4) is 0 Å². The Kier molecular flexibility index (Phi) is 5.29. The predicted octanol–water partition coefficient (Wildman–Crippen LogP) is 0.831. The van der Waals surface area contributed by atoms with Crippen molar-refractivity contribution in [3.8, 4) is 0 Å². The van der Waals surface area contributed by atoms with E-state index in [1.54, 1.807) is 0 Å². The minimum Gasteiger partial charge on any atom is -0.392 e. The summed E-state index contributed by atoms with van der Waals surface area (Å²) in [5, 5.41) is 22.2. The van der Waals surface area contributed by atoms with Crippen molar-refractivity contribution >= 4 is 0 Å². The van der Waals surface area contributed by atoms with E-state index in [0.29, 0.717) is 0 Å². The maximum atomic E-state index is 8.54. The molecular formula is C7H9NO4. The number of benzene rings is 1. The predicted molar refractivity (Wildman–Crippen MR) is 41.1 cm³/mol. The van der Waals surface area contributed by atoms with Crippen LogP contribution in [-0.2, 0) is 6.61 Å². The van der Waals surface area contributed by atoms with E-state index in [1.165, 1.54) is 0 Å². The Labute approximate surface area is 69.0 Å². The molecule has 1 aromatic carbocycles. The zero-order chi connectivity index (χ0) is 9.40. The van der Waals surface area contributed by atoms with Crippen molar-refractivity contribution in [2.24, 2.45) is 0 Å². The molecule has 1 aromatic rings. The Bertz CT molecular complexity index is 220. The van der Waals surface area contributed by atoms with Crippen molar-refractivity contribution < 1.29 is 15.4 Å². The van der Waals surface area contributed by atoms with Gasteiger partial charge in [0.05, 0.1) is 6.61 Å². The third-order valence-electron chi connectivity index (χ3n) is 1.03. The van der Waals surface area contributed by atoms with E-state index in [-0.39, 0.29) is 6.61 Å². The van der Waals surface area contributed by atoms with Crippen molar-refractivity contribution in [2.45, 2.75) is 6.61 Å². The summed E-state index contributed by atoms with van der Waals surface area (Å²) in [7, 11) is 0. The highest BCUT2D eigenvalue weighted by Crippen LogP contribution is 1.95. The molecular weight excluding hydrogens is 162 g/mol. The molecule has 0 saturated carbocycles. The summed E-state index contributed by atoms with van der Waals surface area (Å²) in [6.45, 7) is 0.140. The molecule has 0 spiro atoms. The minimum absolute atomic E-state index is 0.140. The Morgan fingerprint density at radius 3 is 2.00 bits per heavy atom. The molecule has 0 aromatic heterocycles. The fraction of sp³-hybridized carbons (Fsp3) is 0.143. The van der Waals surface area contributed by atoms with Gasteiger partial charge in [0.15, 0.2) is 0 Å². The smallest absolute Gasteiger partial charge is 0.291 e. The van der Waals surface area contributed by atoms with Crippen LogP contribution in [0, 0.1) is 10.1 Å². The molecule has 12 heavy (non-hydrogen) atoms. The molecule has 1 rings (SSSR count). The van der Waals surface area contributed by atoms with Gasteiger partial charge in [-0.15, -0.1) is 10.1 Å². The molecule has 0 unspecified atom stereocenters. The first-order chi connectivity index (χ1) is 5.66. The van der Waals surface area contributed by atoms with Crippen LogP contribution in [0.2, 0.25) is 0 Å². The van der Waals surface area contributed by atoms with E-state index >= 15 is 0 Å². The van der Waals surface area contributed by atoms with Crippen LogP contribution in [0.4, 0.5) is 0 Å². The first kappa shape index (κ1) is 10.4. The maximum absolute atomic E-state index is 8.54. The third-order valence-corrected chi connectivity index (χ3v) is 1.03. The third kappa shape index (κ3) is 6.50. The lowest BCUT2D eigenvalue weighted by molar-refractivity contribution is -0.742. The number of aliphatic hydroxyl groups excluding tert-OH is 1. The number of hydrogen-bond donors (Lipinski definition) is 2. The molecule has 0 atom stereocenters. The average Bonchev–Trinajstić information content (AvgIpc) is 2.05. The molecule has 5 nitrogen and oxygen atoms in total. The minimum atomic E-state index is -1.50. The van der Waals surface area contributed by atoms with Gasteiger partial charge in [-0.05, 0) is 5.56 Å². The second kappa shape index (κ2) is 6.11. The van der Waals surface area contributed by atoms with Crippen molar-refractivity contribution in [2.75, 3.05) is 0 Å². The zero-order valence-electron chi connectivity index (χ0n) is 6.25.